The second kappa shape index (κ2) is 6.85. The fraction of sp³-hybridized carbons (Fsp3) is 0.278. The molecule has 0 unspecified atom stereocenters. The molecule has 7 heteroatoms. The monoisotopic (exact) mass is 359 g/mol. The molecule has 6 nitrogen and oxygen atoms in total. The summed E-state index contributed by atoms with van der Waals surface area (Å²) in [5.74, 6) is -0.139. The highest BCUT2D eigenvalue weighted by atomic mass is 32.2. The molecule has 0 saturated heterocycles. The molecule has 0 spiro atoms. The molecule has 0 fully saturated rings. The number of nitrogens with two attached hydrogens (primary N) is 1. The fourth-order valence-corrected chi connectivity index (χ4v) is 3.60. The van der Waals surface area contributed by atoms with Gasteiger partial charge >= 0.3 is 0 Å². The summed E-state index contributed by atoms with van der Waals surface area (Å²) in [7, 11) is -3.74. The minimum Gasteiger partial charge on any atom is -0.360 e. The lowest BCUT2D eigenvalue weighted by Gasteiger charge is -2.35. The third kappa shape index (κ3) is 3.83. The summed E-state index contributed by atoms with van der Waals surface area (Å²) in [6.45, 7) is 2.70. The molecular formula is C18H21N3O3S. The van der Waals surface area contributed by atoms with Crippen LogP contribution in [-0.2, 0) is 21.2 Å². The number of rotatable bonds is 4. The Kier molecular flexibility index (Phi) is 4.78. The summed E-state index contributed by atoms with van der Waals surface area (Å²) >= 11 is 0. The molecule has 0 saturated carbocycles. The molecule has 1 heterocycles. The predicted molar refractivity (Wildman–Crippen MR) is 98.0 cm³/mol. The van der Waals surface area contributed by atoms with Gasteiger partial charge in [-0.3, -0.25) is 4.79 Å². The van der Waals surface area contributed by atoms with Crippen molar-refractivity contribution >= 4 is 27.3 Å². The number of carbonyl (C=O) groups is 1. The van der Waals surface area contributed by atoms with E-state index in [0.717, 1.165) is 25.1 Å². The molecule has 0 aromatic heterocycles. The second-order valence-corrected chi connectivity index (χ2v) is 7.72. The van der Waals surface area contributed by atoms with Crippen LogP contribution >= 0.6 is 0 Å². The molecule has 1 aliphatic rings. The molecule has 132 valence electrons. The SMILES string of the molecule is C[C@@H](C(=O)Nc1ccc(S(N)(=O)=O)cc1)N1CCCc2ccccc21. The number of hydrogen-bond donors (Lipinski definition) is 2. The van der Waals surface area contributed by atoms with Crippen LogP contribution in [0.5, 0.6) is 0 Å². The van der Waals surface area contributed by atoms with Crippen molar-refractivity contribution in [2.75, 3.05) is 16.8 Å². The normalized spacial score (nSPS) is 15.4. The Bertz CT molecular complexity index is 879. The second-order valence-electron chi connectivity index (χ2n) is 6.16. The zero-order valence-electron chi connectivity index (χ0n) is 14.0. The van der Waals surface area contributed by atoms with Crippen molar-refractivity contribution < 1.29 is 13.2 Å². The molecule has 2 aromatic carbocycles. The van der Waals surface area contributed by atoms with Gasteiger partial charge < -0.3 is 10.2 Å². The molecule has 2 aromatic rings. The predicted octanol–water partition coefficient (Wildman–Crippen LogP) is 2.11. The van der Waals surface area contributed by atoms with Crippen molar-refractivity contribution in [1.29, 1.82) is 0 Å². The average Bonchev–Trinajstić information content (AvgIpc) is 2.60. The fourth-order valence-electron chi connectivity index (χ4n) is 3.08. The first kappa shape index (κ1) is 17.4. The van der Waals surface area contributed by atoms with Crippen molar-refractivity contribution in [3.63, 3.8) is 0 Å². The van der Waals surface area contributed by atoms with E-state index in [1.54, 1.807) is 0 Å². The molecule has 1 atom stereocenters. The molecule has 1 aliphatic heterocycles. The number of amides is 1. The van der Waals surface area contributed by atoms with Crippen LogP contribution in [0.15, 0.2) is 53.4 Å². The highest BCUT2D eigenvalue weighted by Crippen LogP contribution is 2.28. The highest BCUT2D eigenvalue weighted by molar-refractivity contribution is 7.89. The minimum absolute atomic E-state index is 0.0171. The average molecular weight is 359 g/mol. The molecule has 3 rings (SSSR count). The summed E-state index contributed by atoms with van der Waals surface area (Å²) in [5.41, 5.74) is 2.89. The number of primary sulfonamides is 1. The van der Waals surface area contributed by atoms with Gasteiger partial charge in [0, 0.05) is 17.9 Å². The van der Waals surface area contributed by atoms with Gasteiger partial charge in [-0.1, -0.05) is 18.2 Å². The Morgan fingerprint density at radius 2 is 1.84 bits per heavy atom. The Labute approximate surface area is 147 Å². The van der Waals surface area contributed by atoms with Crippen LogP contribution in [-0.4, -0.2) is 26.9 Å². The van der Waals surface area contributed by atoms with Crippen LogP contribution in [0.25, 0.3) is 0 Å². The van der Waals surface area contributed by atoms with Crippen LogP contribution in [0.1, 0.15) is 18.9 Å². The Morgan fingerprint density at radius 3 is 2.52 bits per heavy atom. The molecule has 1 amide bonds. The number of nitrogens with zero attached hydrogens (tertiary/aromatic N) is 1. The van der Waals surface area contributed by atoms with E-state index in [9.17, 15) is 13.2 Å². The van der Waals surface area contributed by atoms with E-state index >= 15 is 0 Å². The van der Waals surface area contributed by atoms with Gasteiger partial charge in [-0.15, -0.1) is 0 Å². The zero-order valence-corrected chi connectivity index (χ0v) is 14.8. The maximum absolute atomic E-state index is 12.6. The van der Waals surface area contributed by atoms with E-state index in [0.29, 0.717) is 5.69 Å². The van der Waals surface area contributed by atoms with E-state index in [1.165, 1.54) is 29.8 Å². The van der Waals surface area contributed by atoms with E-state index in [4.69, 9.17) is 5.14 Å². The third-order valence-corrected chi connectivity index (χ3v) is 5.37. The van der Waals surface area contributed by atoms with Crippen molar-refractivity contribution in [2.45, 2.75) is 30.7 Å². The molecule has 0 bridgehead atoms. The van der Waals surface area contributed by atoms with Gasteiger partial charge in [-0.05, 0) is 55.7 Å². The number of aryl methyl sites for hydroxylation is 1. The molecule has 0 aliphatic carbocycles. The maximum Gasteiger partial charge on any atom is 0.246 e. The number of benzene rings is 2. The summed E-state index contributed by atoms with van der Waals surface area (Å²) in [4.78, 5) is 14.7. The van der Waals surface area contributed by atoms with Gasteiger partial charge in [0.05, 0.1) is 4.90 Å². The lowest BCUT2D eigenvalue weighted by Crippen LogP contribution is -2.44. The smallest absolute Gasteiger partial charge is 0.246 e. The number of anilines is 2. The van der Waals surface area contributed by atoms with Gasteiger partial charge in [-0.25, -0.2) is 13.6 Å². The molecule has 0 radical (unpaired) electrons. The standard InChI is InChI=1S/C18H21N3O3S/c1-13(21-12-4-6-14-5-2-3-7-17(14)21)18(22)20-15-8-10-16(11-9-15)25(19,23)24/h2-3,5,7-11,13H,4,6,12H2,1H3,(H,20,22)(H2,19,23,24)/t13-/m0/s1. The van der Waals surface area contributed by atoms with Crippen LogP contribution in [0.4, 0.5) is 11.4 Å². The van der Waals surface area contributed by atoms with Gasteiger partial charge in [0.1, 0.15) is 6.04 Å². The first-order valence-electron chi connectivity index (χ1n) is 8.14. The lowest BCUT2D eigenvalue weighted by atomic mass is 10.00. The number of hydrogen-bond acceptors (Lipinski definition) is 4. The number of para-hydroxylation sites is 1. The highest BCUT2D eigenvalue weighted by Gasteiger charge is 2.25. The summed E-state index contributed by atoms with van der Waals surface area (Å²) < 4.78 is 22.6. The van der Waals surface area contributed by atoms with Crippen molar-refractivity contribution in [3.05, 3.63) is 54.1 Å². The lowest BCUT2D eigenvalue weighted by molar-refractivity contribution is -0.117. The number of sulfonamides is 1. The van der Waals surface area contributed by atoms with Crippen molar-refractivity contribution in [2.24, 2.45) is 5.14 Å². The molecule has 3 N–H and O–H groups in total. The topological polar surface area (TPSA) is 92.5 Å². The van der Waals surface area contributed by atoms with Crippen LogP contribution in [0, 0.1) is 0 Å². The first-order valence-corrected chi connectivity index (χ1v) is 9.69. The van der Waals surface area contributed by atoms with E-state index in [1.807, 2.05) is 25.1 Å². The third-order valence-electron chi connectivity index (χ3n) is 4.44. The number of carbonyl (C=O) groups excluding carboxylic acids is 1. The first-order chi connectivity index (χ1) is 11.9. The van der Waals surface area contributed by atoms with Crippen molar-refractivity contribution in [1.82, 2.24) is 0 Å². The minimum atomic E-state index is -3.74. The van der Waals surface area contributed by atoms with Crippen molar-refractivity contribution in [3.8, 4) is 0 Å². The largest absolute Gasteiger partial charge is 0.360 e. The van der Waals surface area contributed by atoms with E-state index in [-0.39, 0.29) is 16.8 Å². The van der Waals surface area contributed by atoms with Crippen LogP contribution in [0.2, 0.25) is 0 Å². The number of nitrogens with one attached hydrogen (secondary N) is 1. The Morgan fingerprint density at radius 1 is 1.16 bits per heavy atom. The zero-order chi connectivity index (χ0) is 18.0. The number of fused-ring (bicyclic) bond motifs is 1. The summed E-state index contributed by atoms with van der Waals surface area (Å²) in [5, 5.41) is 7.91. The van der Waals surface area contributed by atoms with Gasteiger partial charge in [0.2, 0.25) is 15.9 Å². The quantitative estimate of drug-likeness (QED) is 0.874. The summed E-state index contributed by atoms with van der Waals surface area (Å²) in [6, 6.07) is 13.6. The van der Waals surface area contributed by atoms with Gasteiger partial charge in [0.25, 0.3) is 0 Å². The van der Waals surface area contributed by atoms with E-state index in [2.05, 4.69) is 16.3 Å². The van der Waals surface area contributed by atoms with Gasteiger partial charge in [-0.2, -0.15) is 0 Å². The maximum atomic E-state index is 12.6. The summed E-state index contributed by atoms with van der Waals surface area (Å²) in [6.07, 6.45) is 2.04. The molecule has 25 heavy (non-hydrogen) atoms. The van der Waals surface area contributed by atoms with Gasteiger partial charge in [0.15, 0.2) is 0 Å². The Hall–Kier alpha value is -2.38. The Balaban J connectivity index is 1.74. The molecular weight excluding hydrogens is 338 g/mol. The van der Waals surface area contributed by atoms with Crippen LogP contribution in [0.3, 0.4) is 0 Å². The van der Waals surface area contributed by atoms with E-state index < -0.39 is 10.0 Å². The van der Waals surface area contributed by atoms with Crippen LogP contribution < -0.4 is 15.4 Å².